The monoisotopic (exact) mass is 927 g/mol. The smallest absolute Gasteiger partial charge is 0.164 e. The van der Waals surface area contributed by atoms with Gasteiger partial charge in [-0.2, -0.15) is 0 Å². The predicted octanol–water partition coefficient (Wildman–Crippen LogP) is 17.7. The molecule has 14 rings (SSSR count). The molecule has 1 heterocycles. The lowest BCUT2D eigenvalue weighted by Gasteiger charge is -2.34. The molecular weight excluding hydrogens is 883 g/mol. The van der Waals surface area contributed by atoms with Crippen molar-refractivity contribution >= 4 is 32.3 Å². The number of hydrogen-bond donors (Lipinski definition) is 0. The summed E-state index contributed by atoms with van der Waals surface area (Å²) in [5.74, 6) is 1.83. The van der Waals surface area contributed by atoms with Gasteiger partial charge in [0.25, 0.3) is 0 Å². The molecule has 0 N–H and O–H groups in total. The van der Waals surface area contributed by atoms with Crippen molar-refractivity contribution in [3.05, 3.63) is 295 Å². The van der Waals surface area contributed by atoms with Crippen molar-refractivity contribution in [3.63, 3.8) is 0 Å². The first kappa shape index (κ1) is 42.3. The molecule has 0 saturated heterocycles. The molecule has 340 valence electrons. The van der Waals surface area contributed by atoms with Crippen molar-refractivity contribution in [2.45, 2.75) is 5.41 Å². The van der Waals surface area contributed by atoms with Crippen LogP contribution in [0.4, 0.5) is 0 Å². The Labute approximate surface area is 424 Å². The molecule has 0 spiro atoms. The highest BCUT2D eigenvalue weighted by molar-refractivity contribution is 6.20. The number of aromatic nitrogens is 3. The SMILES string of the molecule is c1ccc(-c2ccccc2-c2nc(-c3cccc(-c4cccc(-c5c6ccccc6cc6c5ccc5ccccc56)c4)c3)nc(-c3ccc4c(c3)C(c3ccccc3)(c3ccccc3)c3ccccc3-4)n2)cc1. The maximum atomic E-state index is 5.44. The molecule has 12 aromatic carbocycles. The second-order valence-electron chi connectivity index (χ2n) is 19.0. The third kappa shape index (κ3) is 7.00. The van der Waals surface area contributed by atoms with Gasteiger partial charge in [-0.15, -0.1) is 0 Å². The predicted molar refractivity (Wildman–Crippen MR) is 302 cm³/mol. The largest absolute Gasteiger partial charge is 0.208 e. The molecule has 1 aliphatic carbocycles. The van der Waals surface area contributed by atoms with Crippen LogP contribution in [0.15, 0.2) is 273 Å². The van der Waals surface area contributed by atoms with E-state index in [-0.39, 0.29) is 0 Å². The van der Waals surface area contributed by atoms with Crippen molar-refractivity contribution in [2.75, 3.05) is 0 Å². The van der Waals surface area contributed by atoms with Crippen molar-refractivity contribution < 1.29 is 0 Å². The first-order chi connectivity index (χ1) is 36.2. The summed E-state index contributed by atoms with van der Waals surface area (Å²) in [6.07, 6.45) is 0. The molecule has 0 saturated carbocycles. The maximum absolute atomic E-state index is 5.44. The molecule has 0 atom stereocenters. The fraction of sp³-hybridized carbons (Fsp3) is 0.0143. The van der Waals surface area contributed by atoms with E-state index in [4.69, 9.17) is 15.0 Å². The molecule has 13 aromatic rings. The molecule has 0 amide bonds. The quantitative estimate of drug-likeness (QED) is 0.113. The van der Waals surface area contributed by atoms with Crippen LogP contribution in [-0.4, -0.2) is 15.0 Å². The summed E-state index contributed by atoms with van der Waals surface area (Å²) in [6, 6.07) is 98.5. The van der Waals surface area contributed by atoms with Crippen LogP contribution in [0.1, 0.15) is 22.3 Å². The second-order valence-corrected chi connectivity index (χ2v) is 19.0. The first-order valence-corrected chi connectivity index (χ1v) is 25.0. The highest BCUT2D eigenvalue weighted by Crippen LogP contribution is 2.56. The molecule has 3 heteroatoms. The van der Waals surface area contributed by atoms with Crippen LogP contribution in [0.25, 0.3) is 111 Å². The van der Waals surface area contributed by atoms with E-state index in [9.17, 15) is 0 Å². The normalized spacial score (nSPS) is 12.5. The van der Waals surface area contributed by atoms with E-state index in [2.05, 4.69) is 273 Å². The Hall–Kier alpha value is -9.57. The molecule has 0 radical (unpaired) electrons. The van der Waals surface area contributed by atoms with Crippen molar-refractivity contribution in [2.24, 2.45) is 0 Å². The number of fused-ring (bicyclic) bond motifs is 7. The number of rotatable bonds is 8. The van der Waals surface area contributed by atoms with Gasteiger partial charge in [-0.25, -0.2) is 15.0 Å². The summed E-state index contributed by atoms with van der Waals surface area (Å²) in [7, 11) is 0. The van der Waals surface area contributed by atoms with Gasteiger partial charge in [-0.05, 0) is 123 Å². The van der Waals surface area contributed by atoms with E-state index in [0.717, 1.165) is 38.9 Å². The summed E-state index contributed by atoms with van der Waals surface area (Å²) in [5.41, 5.74) is 16.3. The number of nitrogens with zero attached hydrogens (tertiary/aromatic N) is 3. The Morgan fingerprint density at radius 2 is 0.740 bits per heavy atom. The topological polar surface area (TPSA) is 38.7 Å². The summed E-state index contributed by atoms with van der Waals surface area (Å²) in [5, 5.41) is 7.46. The molecule has 73 heavy (non-hydrogen) atoms. The van der Waals surface area contributed by atoms with Gasteiger partial charge < -0.3 is 0 Å². The van der Waals surface area contributed by atoms with E-state index in [0.29, 0.717) is 17.5 Å². The Kier molecular flexibility index (Phi) is 10.1. The zero-order valence-electron chi connectivity index (χ0n) is 39.8. The average molecular weight is 928 g/mol. The van der Waals surface area contributed by atoms with Crippen molar-refractivity contribution in [1.82, 2.24) is 15.0 Å². The second kappa shape index (κ2) is 17.4. The highest BCUT2D eigenvalue weighted by Gasteiger charge is 2.46. The zero-order chi connectivity index (χ0) is 48.3. The standard InChI is InChI=1S/C70H45N3/c1-4-20-46(21-5-1)56-32-14-15-36-62(56)69-72-67(71-68(73-69)53-39-40-60-59-35-16-17-37-64(59)70(65(60)45-53,54-28-6-2-7-29-54)55-30-8-3-9-31-55)52-27-19-25-49(43-52)48-24-18-26-51(42-48)66-58-34-13-11-23-50(58)44-63-57-33-12-10-22-47(57)38-41-61(63)66/h1-45H. The van der Waals surface area contributed by atoms with Crippen molar-refractivity contribution in [1.29, 1.82) is 0 Å². The Morgan fingerprint density at radius 3 is 1.47 bits per heavy atom. The third-order valence-corrected chi connectivity index (χ3v) is 15.0. The minimum Gasteiger partial charge on any atom is -0.208 e. The van der Waals surface area contributed by atoms with E-state index < -0.39 is 5.41 Å². The Balaban J connectivity index is 0.951. The molecule has 1 aromatic heterocycles. The Bertz CT molecular complexity index is 4220. The average Bonchev–Trinajstić information content (AvgIpc) is 3.78. The fourth-order valence-corrected chi connectivity index (χ4v) is 11.7. The molecule has 0 unspecified atom stereocenters. The van der Waals surface area contributed by atoms with Crippen LogP contribution in [0, 0.1) is 0 Å². The lowest BCUT2D eigenvalue weighted by molar-refractivity contribution is 0.768. The van der Waals surface area contributed by atoms with Crippen LogP contribution in [0.3, 0.4) is 0 Å². The lowest BCUT2D eigenvalue weighted by Crippen LogP contribution is -2.28. The minimum absolute atomic E-state index is 0.571. The van der Waals surface area contributed by atoms with Gasteiger partial charge in [-0.3, -0.25) is 0 Å². The van der Waals surface area contributed by atoms with E-state index in [1.807, 2.05) is 0 Å². The van der Waals surface area contributed by atoms with Gasteiger partial charge in [0.15, 0.2) is 17.5 Å². The van der Waals surface area contributed by atoms with E-state index >= 15 is 0 Å². The number of benzene rings is 12. The van der Waals surface area contributed by atoms with Crippen LogP contribution in [0.5, 0.6) is 0 Å². The fourth-order valence-electron chi connectivity index (χ4n) is 11.7. The van der Waals surface area contributed by atoms with Crippen LogP contribution >= 0.6 is 0 Å². The summed E-state index contributed by atoms with van der Waals surface area (Å²) < 4.78 is 0. The van der Waals surface area contributed by atoms with Gasteiger partial charge in [0.05, 0.1) is 5.41 Å². The minimum atomic E-state index is -0.571. The molecule has 0 bridgehead atoms. The van der Waals surface area contributed by atoms with Crippen LogP contribution < -0.4 is 0 Å². The van der Waals surface area contributed by atoms with Crippen LogP contribution in [-0.2, 0) is 5.41 Å². The molecule has 0 aliphatic heterocycles. The van der Waals surface area contributed by atoms with Gasteiger partial charge in [0, 0.05) is 16.7 Å². The lowest BCUT2D eigenvalue weighted by atomic mass is 9.67. The summed E-state index contributed by atoms with van der Waals surface area (Å²) >= 11 is 0. The van der Waals surface area contributed by atoms with Crippen molar-refractivity contribution in [3.8, 4) is 78.7 Å². The number of hydrogen-bond acceptors (Lipinski definition) is 3. The molecule has 1 aliphatic rings. The zero-order valence-corrected chi connectivity index (χ0v) is 39.8. The van der Waals surface area contributed by atoms with Gasteiger partial charge in [0.1, 0.15) is 0 Å². The summed E-state index contributed by atoms with van der Waals surface area (Å²) in [6.45, 7) is 0. The Morgan fingerprint density at radius 1 is 0.233 bits per heavy atom. The highest BCUT2D eigenvalue weighted by atomic mass is 15.0. The van der Waals surface area contributed by atoms with Crippen LogP contribution in [0.2, 0.25) is 0 Å². The maximum Gasteiger partial charge on any atom is 0.164 e. The van der Waals surface area contributed by atoms with E-state index in [1.54, 1.807) is 0 Å². The third-order valence-electron chi connectivity index (χ3n) is 15.0. The summed E-state index contributed by atoms with van der Waals surface area (Å²) in [4.78, 5) is 16.3. The van der Waals surface area contributed by atoms with Gasteiger partial charge >= 0.3 is 0 Å². The molecular formula is C70H45N3. The molecule has 3 nitrogen and oxygen atoms in total. The first-order valence-electron chi connectivity index (χ1n) is 25.0. The van der Waals surface area contributed by atoms with Gasteiger partial charge in [-0.1, -0.05) is 249 Å². The van der Waals surface area contributed by atoms with Gasteiger partial charge in [0.2, 0.25) is 0 Å². The molecule has 0 fully saturated rings. The van der Waals surface area contributed by atoms with E-state index in [1.165, 1.54) is 76.8 Å².